The van der Waals surface area contributed by atoms with Crippen LogP contribution in [0.15, 0.2) is 90.0 Å². The molecule has 0 radical (unpaired) electrons. The van der Waals surface area contributed by atoms with Gasteiger partial charge in [0.05, 0.1) is 0 Å². The summed E-state index contributed by atoms with van der Waals surface area (Å²) in [7, 11) is 17.7. The van der Waals surface area contributed by atoms with Crippen molar-refractivity contribution in [1.82, 2.24) is 0 Å². The van der Waals surface area contributed by atoms with E-state index in [0.29, 0.717) is 5.92 Å². The molecule has 7 rings (SSSR count). The molecule has 1 saturated carbocycles. The summed E-state index contributed by atoms with van der Waals surface area (Å²) in [6.07, 6.45) is 11.5. The van der Waals surface area contributed by atoms with Crippen LogP contribution in [0.5, 0.6) is 0 Å². The monoisotopic (exact) mass is 823 g/mol. The van der Waals surface area contributed by atoms with E-state index in [1.54, 1.807) is 5.57 Å². The molecule has 52 heavy (non-hydrogen) atoms. The van der Waals surface area contributed by atoms with Crippen LogP contribution in [-0.2, 0) is 26.4 Å². The first kappa shape index (κ1) is 38.3. The number of rotatable bonds is 6. The fourth-order valence-electron chi connectivity index (χ4n) is 9.97. The zero-order valence-electron chi connectivity index (χ0n) is 33.3. The van der Waals surface area contributed by atoms with Gasteiger partial charge in [-0.2, -0.15) is 0 Å². The average molecular weight is 826 g/mol. The van der Waals surface area contributed by atoms with E-state index in [1.165, 1.54) is 98.9 Å². The molecule has 0 heterocycles. The Bertz CT molecular complexity index is 2060. The van der Waals surface area contributed by atoms with Gasteiger partial charge in [-0.15, -0.1) is 0 Å². The van der Waals surface area contributed by atoms with Crippen molar-refractivity contribution in [3.8, 4) is 22.3 Å². The molecule has 0 spiro atoms. The van der Waals surface area contributed by atoms with Crippen molar-refractivity contribution in [3.63, 3.8) is 0 Å². The van der Waals surface area contributed by atoms with Gasteiger partial charge in [0.15, 0.2) is 0 Å². The van der Waals surface area contributed by atoms with Crippen molar-refractivity contribution in [3.05, 3.63) is 129 Å². The molecule has 3 aliphatic carbocycles. The Morgan fingerprint density at radius 1 is 0.615 bits per heavy atom. The number of allylic oxidation sites excluding steroid dienone is 2. The van der Waals surface area contributed by atoms with E-state index >= 15 is 0 Å². The molecule has 0 aromatic heterocycles. The van der Waals surface area contributed by atoms with E-state index in [1.807, 2.05) is 0 Å². The number of halogens is 2. The quantitative estimate of drug-likeness (QED) is 0.170. The van der Waals surface area contributed by atoms with Crippen LogP contribution in [0.1, 0.15) is 127 Å². The minimum absolute atomic E-state index is 0.0941. The Hall–Kier alpha value is -1.96. The Morgan fingerprint density at radius 3 is 1.69 bits per heavy atom. The first-order chi connectivity index (χ1) is 24.4. The van der Waals surface area contributed by atoms with Gasteiger partial charge < -0.3 is 0 Å². The summed E-state index contributed by atoms with van der Waals surface area (Å²) in [5, 5.41) is 0. The summed E-state index contributed by atoms with van der Waals surface area (Å²) in [6.45, 7) is 23.3. The van der Waals surface area contributed by atoms with Crippen LogP contribution >= 0.6 is 17.0 Å². The zero-order valence-corrected chi connectivity index (χ0v) is 38.4. The fraction of sp³-hybridized carbons (Fsp3) is 0.417. The summed E-state index contributed by atoms with van der Waals surface area (Å²) in [5.74, 6) is -1.12. The molecule has 4 heteroatoms. The van der Waals surface area contributed by atoms with Crippen molar-refractivity contribution >= 4 is 35.1 Å². The van der Waals surface area contributed by atoms with Crippen molar-refractivity contribution in [2.75, 3.05) is 0 Å². The maximum absolute atomic E-state index is 8.85. The van der Waals surface area contributed by atoms with E-state index in [-0.39, 0.29) is 18.1 Å². The second kappa shape index (κ2) is 13.7. The third kappa shape index (κ3) is 6.48. The summed E-state index contributed by atoms with van der Waals surface area (Å²) in [5.41, 5.74) is 17.9. The van der Waals surface area contributed by atoms with Crippen molar-refractivity contribution in [1.29, 1.82) is 0 Å². The Labute approximate surface area is 323 Å². The summed E-state index contributed by atoms with van der Waals surface area (Å²) in [6, 6.07) is 30.4. The van der Waals surface area contributed by atoms with Crippen molar-refractivity contribution in [2.24, 2.45) is 5.92 Å². The summed E-state index contributed by atoms with van der Waals surface area (Å²) < 4.78 is 0.217. The molecular weight excluding hydrogens is 767 g/mol. The zero-order chi connectivity index (χ0) is 37.4. The predicted octanol–water partition coefficient (Wildman–Crippen LogP) is 15.1. The fourth-order valence-corrected chi connectivity index (χ4v) is 41.9. The molecule has 2 atom stereocenters. The topological polar surface area (TPSA) is 0 Å². The van der Waals surface area contributed by atoms with Gasteiger partial charge >= 0.3 is 326 Å². The molecular formula is C48H59Cl2SiZr. The van der Waals surface area contributed by atoms with E-state index in [4.69, 9.17) is 17.0 Å². The Kier molecular flexibility index (Phi) is 10.1. The van der Waals surface area contributed by atoms with Gasteiger partial charge in [-0.25, -0.2) is 0 Å². The number of hydrogen-bond acceptors (Lipinski definition) is 0. The van der Waals surface area contributed by atoms with E-state index in [2.05, 4.69) is 159 Å². The van der Waals surface area contributed by atoms with Gasteiger partial charge in [0, 0.05) is 0 Å². The number of benzene rings is 4. The number of hydrogen-bond donors (Lipinski definition) is 0. The van der Waals surface area contributed by atoms with Crippen LogP contribution in [0.3, 0.4) is 0 Å². The number of aryl methyl sites for hydroxylation is 1. The van der Waals surface area contributed by atoms with Crippen LogP contribution in [0.2, 0.25) is 13.1 Å². The minimum atomic E-state index is -4.90. The van der Waals surface area contributed by atoms with Gasteiger partial charge in [0.1, 0.15) is 0 Å². The van der Waals surface area contributed by atoms with E-state index < -0.39 is 21.5 Å². The average Bonchev–Trinajstić information content (AvgIpc) is 3.66. The molecule has 4 aromatic rings. The molecule has 1 fully saturated rings. The van der Waals surface area contributed by atoms with Gasteiger partial charge in [-0.1, -0.05) is 0 Å². The summed E-state index contributed by atoms with van der Waals surface area (Å²) >= 11 is -4.90. The normalized spacial score (nSPS) is 20.3. The van der Waals surface area contributed by atoms with Crippen LogP contribution < -0.4 is 0 Å². The van der Waals surface area contributed by atoms with Crippen LogP contribution in [-0.4, -0.2) is 5.92 Å². The Balaban J connectivity index is 1.42. The second-order valence-electron chi connectivity index (χ2n) is 18.9. The molecule has 3 aliphatic rings. The SMILES string of the molecule is CC1=Cc2c(-c3ccc(C(C)(C)C)cc3)cc(C)cc2[CH]1[Zr]([Cl])([Cl])([CH]1C(C2CCCCC2)=Cc2c(-c3ccc(C(C)(C)C)cc3)cccc21)[SiH](C)C. The molecule has 4 aromatic carbocycles. The van der Waals surface area contributed by atoms with Gasteiger partial charge in [0.2, 0.25) is 0 Å². The van der Waals surface area contributed by atoms with Gasteiger partial charge in [0.25, 0.3) is 0 Å². The second-order valence-corrected chi connectivity index (χ2v) is 61.4. The Morgan fingerprint density at radius 2 is 1.15 bits per heavy atom. The third-order valence-corrected chi connectivity index (χ3v) is 65.0. The third-order valence-electron chi connectivity index (χ3n) is 13.0. The molecule has 0 N–H and O–H groups in total. The molecule has 0 nitrogen and oxygen atoms in total. The van der Waals surface area contributed by atoms with Crippen LogP contribution in [0, 0.1) is 12.8 Å². The molecule has 273 valence electrons. The van der Waals surface area contributed by atoms with Crippen LogP contribution in [0.25, 0.3) is 34.4 Å². The molecule has 0 amide bonds. The first-order valence-electron chi connectivity index (χ1n) is 19.9. The maximum atomic E-state index is 8.85. The van der Waals surface area contributed by atoms with E-state index in [9.17, 15) is 0 Å². The first-order valence-corrected chi connectivity index (χ1v) is 36.2. The van der Waals surface area contributed by atoms with Gasteiger partial charge in [-0.3, -0.25) is 0 Å². The van der Waals surface area contributed by atoms with E-state index in [0.717, 1.165) is 0 Å². The van der Waals surface area contributed by atoms with Crippen molar-refractivity contribution < 1.29 is 15.6 Å². The standard InChI is InChI=1S/C25H29.C21H23.C2H7Si.2ClH.Zr/c1-25(2,3)22-14-12-19(13-15-22)23-11-7-10-20-16-21(17-24(20)23)18-8-5-4-6-9-18;1-14-10-17-11-15(2)13-20(17)19(12-14)16-6-8-18(9-7-16)21(3,4)5;1-3-2;;;/h7,10-18H,4-6,8-9H2,1-3H3;6-13H,1-5H3;3H,1-2H3;2*1H;/q;;;;;+2/p-2. The predicted molar refractivity (Wildman–Crippen MR) is 230 cm³/mol. The molecule has 2 unspecified atom stereocenters. The van der Waals surface area contributed by atoms with Gasteiger partial charge in [-0.05, 0) is 0 Å². The summed E-state index contributed by atoms with van der Waals surface area (Å²) in [4.78, 5) is 0. The molecule has 0 bridgehead atoms. The molecule has 0 aliphatic heterocycles. The van der Waals surface area contributed by atoms with Crippen molar-refractivity contribution in [2.45, 2.75) is 119 Å². The molecule has 0 saturated heterocycles. The van der Waals surface area contributed by atoms with Crippen LogP contribution in [0.4, 0.5) is 0 Å². The number of fused-ring (bicyclic) bond motifs is 2.